The molecule has 1 heterocycles. The molecule has 1 N–H and O–H groups in total. The molecule has 0 fully saturated rings. The molecule has 0 radical (unpaired) electrons. The standard InChI is InChI=1S/C14H7F6NO3/c15-13(16,17)11-6-7(12(22)23)5-9(21-11)8-3-1-2-4-10(8)24-14(18,19)20/h1-6H,(H,22,23). The summed E-state index contributed by atoms with van der Waals surface area (Å²) in [6.45, 7) is 0. The Kier molecular flexibility index (Phi) is 4.41. The number of pyridine rings is 1. The van der Waals surface area contributed by atoms with Gasteiger partial charge >= 0.3 is 18.5 Å². The van der Waals surface area contributed by atoms with E-state index in [0.717, 1.165) is 18.2 Å². The second kappa shape index (κ2) is 6.02. The van der Waals surface area contributed by atoms with E-state index in [0.29, 0.717) is 6.07 Å². The fourth-order valence-corrected chi connectivity index (χ4v) is 1.83. The van der Waals surface area contributed by atoms with Crippen molar-refractivity contribution in [2.24, 2.45) is 0 Å². The van der Waals surface area contributed by atoms with Gasteiger partial charge in [-0.25, -0.2) is 9.78 Å². The molecule has 0 aliphatic carbocycles. The summed E-state index contributed by atoms with van der Waals surface area (Å²) in [6.07, 6.45) is -10.0. The Morgan fingerprint density at radius 3 is 2.21 bits per heavy atom. The molecule has 0 atom stereocenters. The molecule has 128 valence electrons. The van der Waals surface area contributed by atoms with E-state index < -0.39 is 46.8 Å². The summed E-state index contributed by atoms with van der Waals surface area (Å²) in [5.74, 6) is -2.48. The van der Waals surface area contributed by atoms with Crippen LogP contribution in [0.5, 0.6) is 5.75 Å². The van der Waals surface area contributed by atoms with E-state index in [4.69, 9.17) is 5.11 Å². The van der Waals surface area contributed by atoms with Crippen molar-refractivity contribution in [3.05, 3.63) is 47.7 Å². The third-order valence-corrected chi connectivity index (χ3v) is 2.75. The van der Waals surface area contributed by atoms with Crippen molar-refractivity contribution in [1.82, 2.24) is 4.98 Å². The maximum absolute atomic E-state index is 12.8. The van der Waals surface area contributed by atoms with Crippen LogP contribution in [0, 0.1) is 0 Å². The molecule has 4 nitrogen and oxygen atoms in total. The number of alkyl halides is 6. The monoisotopic (exact) mass is 351 g/mol. The van der Waals surface area contributed by atoms with Gasteiger partial charge in [-0.2, -0.15) is 13.2 Å². The normalized spacial score (nSPS) is 12.1. The van der Waals surface area contributed by atoms with E-state index in [9.17, 15) is 31.1 Å². The maximum Gasteiger partial charge on any atom is 0.573 e. The summed E-state index contributed by atoms with van der Waals surface area (Å²) < 4.78 is 79.4. The van der Waals surface area contributed by atoms with Crippen LogP contribution >= 0.6 is 0 Å². The van der Waals surface area contributed by atoms with Crippen molar-refractivity contribution in [3.63, 3.8) is 0 Å². The molecular weight excluding hydrogens is 344 g/mol. The quantitative estimate of drug-likeness (QED) is 0.835. The van der Waals surface area contributed by atoms with Gasteiger partial charge in [0.25, 0.3) is 0 Å². The Labute approximate surface area is 130 Å². The Morgan fingerprint density at radius 2 is 1.67 bits per heavy atom. The molecule has 0 saturated carbocycles. The van der Waals surface area contributed by atoms with Crippen LogP contribution in [-0.2, 0) is 6.18 Å². The summed E-state index contributed by atoms with van der Waals surface area (Å²) in [6, 6.07) is 5.37. The highest BCUT2D eigenvalue weighted by Crippen LogP contribution is 2.35. The number of nitrogens with zero attached hydrogens (tertiary/aromatic N) is 1. The first-order valence-corrected chi connectivity index (χ1v) is 6.15. The SMILES string of the molecule is O=C(O)c1cc(-c2ccccc2OC(F)(F)F)nc(C(F)(F)F)c1. The summed E-state index contributed by atoms with van der Waals surface area (Å²) in [4.78, 5) is 14.2. The molecule has 1 aromatic heterocycles. The van der Waals surface area contributed by atoms with E-state index in [1.54, 1.807) is 0 Å². The number of aromatic carboxylic acids is 1. The fourth-order valence-electron chi connectivity index (χ4n) is 1.83. The van der Waals surface area contributed by atoms with Gasteiger partial charge < -0.3 is 9.84 Å². The largest absolute Gasteiger partial charge is 0.573 e. The molecule has 0 amide bonds. The first-order valence-electron chi connectivity index (χ1n) is 6.15. The zero-order chi connectivity index (χ0) is 18.1. The minimum atomic E-state index is -5.08. The zero-order valence-corrected chi connectivity index (χ0v) is 11.4. The zero-order valence-electron chi connectivity index (χ0n) is 11.4. The van der Waals surface area contributed by atoms with Crippen LogP contribution in [0.3, 0.4) is 0 Å². The van der Waals surface area contributed by atoms with Crippen molar-refractivity contribution in [1.29, 1.82) is 0 Å². The number of ether oxygens (including phenoxy) is 1. The van der Waals surface area contributed by atoms with Gasteiger partial charge in [0.15, 0.2) is 0 Å². The number of para-hydroxylation sites is 1. The Balaban J connectivity index is 2.65. The predicted molar refractivity (Wildman–Crippen MR) is 68.3 cm³/mol. The summed E-state index contributed by atoms with van der Waals surface area (Å²) in [7, 11) is 0. The lowest BCUT2D eigenvalue weighted by atomic mass is 10.1. The van der Waals surface area contributed by atoms with E-state index in [-0.39, 0.29) is 0 Å². The van der Waals surface area contributed by atoms with Crippen molar-refractivity contribution in [2.45, 2.75) is 12.5 Å². The predicted octanol–water partition coefficient (Wildman–Crippen LogP) is 4.36. The van der Waals surface area contributed by atoms with Gasteiger partial charge in [0.2, 0.25) is 0 Å². The second-order valence-electron chi connectivity index (χ2n) is 4.47. The second-order valence-corrected chi connectivity index (χ2v) is 4.47. The number of carbonyl (C=O) groups is 1. The molecule has 0 aliphatic rings. The van der Waals surface area contributed by atoms with Crippen molar-refractivity contribution in [3.8, 4) is 17.0 Å². The first-order chi connectivity index (χ1) is 11.0. The topological polar surface area (TPSA) is 59.4 Å². The fraction of sp³-hybridized carbons (Fsp3) is 0.143. The Morgan fingerprint density at radius 1 is 1.04 bits per heavy atom. The van der Waals surface area contributed by atoms with Crippen LogP contribution in [0.4, 0.5) is 26.3 Å². The van der Waals surface area contributed by atoms with Gasteiger partial charge in [-0.15, -0.1) is 13.2 Å². The summed E-state index contributed by atoms with van der Waals surface area (Å²) in [5.41, 5.74) is -3.35. The molecule has 10 heteroatoms. The van der Waals surface area contributed by atoms with E-state index in [2.05, 4.69) is 9.72 Å². The van der Waals surface area contributed by atoms with E-state index >= 15 is 0 Å². The van der Waals surface area contributed by atoms with E-state index in [1.807, 2.05) is 0 Å². The third-order valence-electron chi connectivity index (χ3n) is 2.75. The first kappa shape index (κ1) is 17.6. The number of hydrogen-bond acceptors (Lipinski definition) is 3. The van der Waals surface area contributed by atoms with Crippen LogP contribution in [0.2, 0.25) is 0 Å². The Bertz CT molecular complexity index is 770. The molecule has 2 aromatic rings. The molecule has 1 aromatic carbocycles. The number of benzene rings is 1. The van der Waals surface area contributed by atoms with Gasteiger partial charge in [0.05, 0.1) is 11.3 Å². The molecule has 0 spiro atoms. The van der Waals surface area contributed by atoms with Gasteiger partial charge in [0, 0.05) is 5.56 Å². The molecule has 0 bridgehead atoms. The van der Waals surface area contributed by atoms with Crippen LogP contribution in [0.1, 0.15) is 16.1 Å². The number of carboxylic acid groups (broad SMARTS) is 1. The van der Waals surface area contributed by atoms with Gasteiger partial charge in [-0.05, 0) is 24.3 Å². The summed E-state index contributed by atoms with van der Waals surface area (Å²) in [5, 5.41) is 8.90. The number of carboxylic acids is 1. The molecule has 0 aliphatic heterocycles. The lowest BCUT2D eigenvalue weighted by Crippen LogP contribution is -2.18. The summed E-state index contributed by atoms with van der Waals surface area (Å²) >= 11 is 0. The average molecular weight is 351 g/mol. The van der Waals surface area contributed by atoms with E-state index in [1.165, 1.54) is 12.1 Å². The maximum atomic E-state index is 12.8. The highest BCUT2D eigenvalue weighted by atomic mass is 19.4. The van der Waals surface area contributed by atoms with Crippen molar-refractivity contribution >= 4 is 5.97 Å². The number of rotatable bonds is 3. The third kappa shape index (κ3) is 4.15. The highest BCUT2D eigenvalue weighted by molar-refractivity contribution is 5.89. The van der Waals surface area contributed by atoms with Crippen LogP contribution in [0.15, 0.2) is 36.4 Å². The minimum Gasteiger partial charge on any atom is -0.478 e. The van der Waals surface area contributed by atoms with Crippen molar-refractivity contribution in [2.75, 3.05) is 0 Å². The Hall–Kier alpha value is -2.78. The lowest BCUT2D eigenvalue weighted by Gasteiger charge is -2.14. The lowest BCUT2D eigenvalue weighted by molar-refractivity contribution is -0.274. The smallest absolute Gasteiger partial charge is 0.478 e. The molecular formula is C14H7F6NO3. The minimum absolute atomic E-state index is 0.291. The average Bonchev–Trinajstić information content (AvgIpc) is 2.44. The number of aromatic nitrogens is 1. The number of hydrogen-bond donors (Lipinski definition) is 1. The van der Waals surface area contributed by atoms with Gasteiger partial charge in [0.1, 0.15) is 11.4 Å². The van der Waals surface area contributed by atoms with Crippen LogP contribution in [0.25, 0.3) is 11.3 Å². The highest BCUT2D eigenvalue weighted by Gasteiger charge is 2.35. The molecule has 0 unspecified atom stereocenters. The van der Waals surface area contributed by atoms with Crippen molar-refractivity contribution < 1.29 is 41.0 Å². The molecule has 0 saturated heterocycles. The van der Waals surface area contributed by atoms with Gasteiger partial charge in [-0.3, -0.25) is 0 Å². The van der Waals surface area contributed by atoms with Crippen LogP contribution in [-0.4, -0.2) is 22.4 Å². The molecule has 24 heavy (non-hydrogen) atoms. The molecule has 2 rings (SSSR count). The number of halogens is 6. The van der Waals surface area contributed by atoms with Gasteiger partial charge in [-0.1, -0.05) is 12.1 Å². The van der Waals surface area contributed by atoms with Crippen LogP contribution < -0.4 is 4.74 Å².